The van der Waals surface area contributed by atoms with Crippen LogP contribution in [0.5, 0.6) is 5.75 Å². The molecular weight excluding hydrogens is 384 g/mol. The van der Waals surface area contributed by atoms with Gasteiger partial charge in [0, 0.05) is 32.7 Å². The Morgan fingerprint density at radius 1 is 0.862 bits per heavy atom. The number of piperazine rings is 1. The van der Waals surface area contributed by atoms with Gasteiger partial charge in [0.2, 0.25) is 10.0 Å². The lowest BCUT2D eigenvalue weighted by molar-refractivity contribution is 0.181. The van der Waals surface area contributed by atoms with Crippen LogP contribution < -0.4 is 4.74 Å². The van der Waals surface area contributed by atoms with Gasteiger partial charge >= 0.3 is 0 Å². The Morgan fingerprint density at radius 2 is 1.55 bits per heavy atom. The first kappa shape index (κ1) is 19.9. The third-order valence-electron chi connectivity index (χ3n) is 5.33. The maximum Gasteiger partial charge on any atom is 0.243 e. The predicted octanol–water partition coefficient (Wildman–Crippen LogP) is 3.75. The number of nitrogens with zero attached hydrogens (tertiary/aromatic N) is 2. The molecule has 1 aliphatic heterocycles. The van der Waals surface area contributed by atoms with Crippen LogP contribution in [0.4, 0.5) is 0 Å². The van der Waals surface area contributed by atoms with Crippen LogP contribution in [0, 0.1) is 0 Å². The van der Waals surface area contributed by atoms with E-state index in [-0.39, 0.29) is 0 Å². The minimum absolute atomic E-state index is 0.371. The van der Waals surface area contributed by atoms with Crippen LogP contribution in [0.25, 0.3) is 10.8 Å². The topological polar surface area (TPSA) is 49.9 Å². The van der Waals surface area contributed by atoms with Gasteiger partial charge in [-0.25, -0.2) is 8.42 Å². The molecule has 3 aromatic rings. The van der Waals surface area contributed by atoms with Crippen molar-refractivity contribution in [1.82, 2.24) is 9.21 Å². The third-order valence-corrected chi connectivity index (χ3v) is 7.23. The van der Waals surface area contributed by atoms with Gasteiger partial charge in [0.15, 0.2) is 0 Å². The summed E-state index contributed by atoms with van der Waals surface area (Å²) in [6.07, 6.45) is 0. The van der Waals surface area contributed by atoms with E-state index in [0.717, 1.165) is 36.2 Å². The van der Waals surface area contributed by atoms with E-state index in [2.05, 4.69) is 17.0 Å². The van der Waals surface area contributed by atoms with E-state index in [4.69, 9.17) is 4.74 Å². The quantitative estimate of drug-likeness (QED) is 0.621. The Morgan fingerprint density at radius 3 is 2.24 bits per heavy atom. The van der Waals surface area contributed by atoms with E-state index in [1.54, 1.807) is 16.4 Å². The van der Waals surface area contributed by atoms with Crippen molar-refractivity contribution in [2.75, 3.05) is 32.8 Å². The summed E-state index contributed by atoms with van der Waals surface area (Å²) >= 11 is 0. The van der Waals surface area contributed by atoms with Crippen LogP contribution in [0.3, 0.4) is 0 Å². The van der Waals surface area contributed by atoms with E-state index in [9.17, 15) is 8.42 Å². The molecule has 1 saturated heterocycles. The van der Waals surface area contributed by atoms with E-state index in [0.29, 0.717) is 24.6 Å². The maximum absolute atomic E-state index is 13.1. The first-order chi connectivity index (χ1) is 14.1. The van der Waals surface area contributed by atoms with Crippen molar-refractivity contribution in [1.29, 1.82) is 0 Å². The summed E-state index contributed by atoms with van der Waals surface area (Å²) in [4.78, 5) is 2.67. The van der Waals surface area contributed by atoms with Crippen LogP contribution >= 0.6 is 0 Å². The van der Waals surface area contributed by atoms with Crippen molar-refractivity contribution in [3.63, 3.8) is 0 Å². The van der Waals surface area contributed by atoms with Crippen LogP contribution in [-0.4, -0.2) is 50.4 Å². The molecule has 0 spiro atoms. The highest BCUT2D eigenvalue weighted by Gasteiger charge is 2.28. The second-order valence-electron chi connectivity index (χ2n) is 7.27. The first-order valence-corrected chi connectivity index (χ1v) is 11.4. The molecule has 1 heterocycles. The number of hydrogen-bond acceptors (Lipinski definition) is 4. The van der Waals surface area contributed by atoms with Crippen LogP contribution in [0.1, 0.15) is 12.5 Å². The number of hydrogen-bond donors (Lipinski definition) is 0. The first-order valence-electron chi connectivity index (χ1n) is 9.99. The Balaban J connectivity index is 1.40. The van der Waals surface area contributed by atoms with Gasteiger partial charge in [0.05, 0.1) is 11.5 Å². The molecule has 5 nitrogen and oxygen atoms in total. The lowest BCUT2D eigenvalue weighted by atomic mass is 10.1. The van der Waals surface area contributed by atoms with Crippen molar-refractivity contribution < 1.29 is 13.2 Å². The fraction of sp³-hybridized carbons (Fsp3) is 0.304. The average molecular weight is 411 g/mol. The summed E-state index contributed by atoms with van der Waals surface area (Å²) < 4.78 is 33.3. The highest BCUT2D eigenvalue weighted by molar-refractivity contribution is 7.89. The lowest BCUT2D eigenvalue weighted by Gasteiger charge is -2.34. The van der Waals surface area contributed by atoms with E-state index < -0.39 is 10.0 Å². The molecule has 0 amide bonds. The summed E-state index contributed by atoms with van der Waals surface area (Å²) in [5.74, 6) is 0.877. The van der Waals surface area contributed by atoms with Crippen molar-refractivity contribution >= 4 is 20.8 Å². The Kier molecular flexibility index (Phi) is 5.85. The zero-order valence-corrected chi connectivity index (χ0v) is 17.4. The second-order valence-corrected chi connectivity index (χ2v) is 9.20. The van der Waals surface area contributed by atoms with E-state index >= 15 is 0 Å². The SMILES string of the molecule is CCOc1ccc(CN2CCN(S(=O)(=O)c3ccc4ccccc4c3)CC2)cc1. The summed E-state index contributed by atoms with van der Waals surface area (Å²) in [6.45, 7) is 5.90. The number of fused-ring (bicyclic) bond motifs is 1. The van der Waals surface area contributed by atoms with Crippen molar-refractivity contribution in [3.8, 4) is 5.75 Å². The number of ether oxygens (including phenoxy) is 1. The summed E-state index contributed by atoms with van der Waals surface area (Å²) in [5, 5.41) is 1.99. The molecule has 3 aromatic carbocycles. The summed E-state index contributed by atoms with van der Waals surface area (Å²) in [5.41, 5.74) is 1.21. The average Bonchev–Trinajstić information content (AvgIpc) is 2.75. The van der Waals surface area contributed by atoms with E-state index in [1.807, 2.05) is 49.4 Å². The highest BCUT2D eigenvalue weighted by atomic mass is 32.2. The maximum atomic E-state index is 13.1. The fourth-order valence-electron chi connectivity index (χ4n) is 3.72. The minimum atomic E-state index is -3.47. The molecule has 4 rings (SSSR count). The molecule has 0 bridgehead atoms. The number of benzene rings is 3. The zero-order valence-electron chi connectivity index (χ0n) is 16.6. The van der Waals surface area contributed by atoms with Gasteiger partial charge in [0.1, 0.15) is 5.75 Å². The van der Waals surface area contributed by atoms with Gasteiger partial charge < -0.3 is 4.74 Å². The minimum Gasteiger partial charge on any atom is -0.494 e. The predicted molar refractivity (Wildman–Crippen MR) is 116 cm³/mol. The highest BCUT2D eigenvalue weighted by Crippen LogP contribution is 2.23. The van der Waals surface area contributed by atoms with Crippen molar-refractivity contribution in [3.05, 3.63) is 72.3 Å². The van der Waals surface area contributed by atoms with Gasteiger partial charge in [-0.3, -0.25) is 4.90 Å². The van der Waals surface area contributed by atoms with Crippen LogP contribution in [-0.2, 0) is 16.6 Å². The smallest absolute Gasteiger partial charge is 0.243 e. The normalized spacial score (nSPS) is 16.2. The van der Waals surface area contributed by atoms with Gasteiger partial charge in [0.25, 0.3) is 0 Å². The Labute approximate surface area is 172 Å². The molecule has 0 radical (unpaired) electrons. The molecule has 0 saturated carbocycles. The van der Waals surface area contributed by atoms with Gasteiger partial charge in [-0.2, -0.15) is 4.31 Å². The van der Waals surface area contributed by atoms with Gasteiger partial charge in [-0.1, -0.05) is 42.5 Å². The van der Waals surface area contributed by atoms with Gasteiger partial charge in [-0.05, 0) is 47.5 Å². The van der Waals surface area contributed by atoms with E-state index in [1.165, 1.54) is 5.56 Å². The molecule has 1 aliphatic rings. The summed E-state index contributed by atoms with van der Waals surface area (Å²) in [7, 11) is -3.47. The monoisotopic (exact) mass is 410 g/mol. The Hall–Kier alpha value is -2.41. The lowest BCUT2D eigenvalue weighted by Crippen LogP contribution is -2.48. The molecule has 0 unspecified atom stereocenters. The molecule has 29 heavy (non-hydrogen) atoms. The van der Waals surface area contributed by atoms with Crippen molar-refractivity contribution in [2.45, 2.75) is 18.4 Å². The molecule has 0 aromatic heterocycles. The fourth-order valence-corrected chi connectivity index (χ4v) is 5.18. The van der Waals surface area contributed by atoms with Crippen LogP contribution in [0.15, 0.2) is 71.6 Å². The molecule has 6 heteroatoms. The third kappa shape index (κ3) is 4.45. The largest absolute Gasteiger partial charge is 0.494 e. The number of rotatable bonds is 6. The molecule has 0 aliphatic carbocycles. The molecular formula is C23H26N2O3S. The molecule has 0 N–H and O–H groups in total. The standard InChI is InChI=1S/C23H26N2O3S/c1-2-28-22-10-7-19(8-11-22)18-24-13-15-25(16-14-24)29(26,27)23-12-9-20-5-3-4-6-21(20)17-23/h3-12,17H,2,13-16,18H2,1H3. The Bertz CT molecular complexity index is 1070. The van der Waals surface area contributed by atoms with Crippen LogP contribution in [0.2, 0.25) is 0 Å². The second kappa shape index (κ2) is 8.53. The zero-order chi connectivity index (χ0) is 20.3. The van der Waals surface area contributed by atoms with Gasteiger partial charge in [-0.15, -0.1) is 0 Å². The molecule has 0 atom stereocenters. The van der Waals surface area contributed by atoms with Crippen molar-refractivity contribution in [2.24, 2.45) is 0 Å². The number of sulfonamides is 1. The summed E-state index contributed by atoms with van der Waals surface area (Å²) in [6, 6.07) is 21.3. The molecule has 1 fully saturated rings. The molecule has 152 valence electrons.